The Bertz CT molecular complexity index is 729. The van der Waals surface area contributed by atoms with Crippen LogP contribution in [-0.4, -0.2) is 9.55 Å². The zero-order valence-electron chi connectivity index (χ0n) is 10.6. The lowest BCUT2D eigenvalue weighted by atomic mass is 10.2. The highest BCUT2D eigenvalue weighted by atomic mass is 19.1. The van der Waals surface area contributed by atoms with Crippen molar-refractivity contribution in [1.82, 2.24) is 9.55 Å². The van der Waals surface area contributed by atoms with Crippen LogP contribution in [0.25, 0.3) is 22.4 Å². The van der Waals surface area contributed by atoms with Crippen molar-refractivity contribution in [3.8, 4) is 11.4 Å². The summed E-state index contributed by atoms with van der Waals surface area (Å²) < 4.78 is 15.4. The fraction of sp³-hybridized carbons (Fsp3) is 0.133. The monoisotopic (exact) mass is 255 g/mol. The molecule has 3 aromatic rings. The van der Waals surface area contributed by atoms with Crippen molar-refractivity contribution in [3.63, 3.8) is 0 Å². The number of nitrogens with zero attached hydrogens (tertiary/aromatic N) is 2. The van der Waals surface area contributed by atoms with Gasteiger partial charge in [0, 0.05) is 17.8 Å². The molecular formula is C15H14FN3. The molecule has 0 saturated heterocycles. The number of halogens is 1. The van der Waals surface area contributed by atoms with E-state index in [4.69, 9.17) is 5.73 Å². The molecule has 3 rings (SSSR count). The molecule has 0 atom stereocenters. The van der Waals surface area contributed by atoms with Gasteiger partial charge in [0.1, 0.15) is 11.6 Å². The Morgan fingerprint density at radius 2 is 1.89 bits per heavy atom. The van der Waals surface area contributed by atoms with Crippen LogP contribution in [0, 0.1) is 5.82 Å². The molecule has 0 radical (unpaired) electrons. The fourth-order valence-corrected chi connectivity index (χ4v) is 2.27. The average Bonchev–Trinajstić information content (AvgIpc) is 2.77. The standard InChI is InChI=1S/C15H14FN3/c1-2-19-14-9-11(16)5-8-13(14)18-15(19)10-3-6-12(17)7-4-10/h3-9H,2,17H2,1H3. The van der Waals surface area contributed by atoms with Crippen molar-refractivity contribution in [3.05, 3.63) is 48.3 Å². The van der Waals surface area contributed by atoms with Gasteiger partial charge in [-0.25, -0.2) is 9.37 Å². The number of nitrogens with two attached hydrogens (primary N) is 1. The molecule has 2 aromatic carbocycles. The van der Waals surface area contributed by atoms with E-state index in [2.05, 4.69) is 4.98 Å². The first-order valence-electron chi connectivity index (χ1n) is 6.20. The first kappa shape index (κ1) is 11.7. The highest BCUT2D eigenvalue weighted by Gasteiger charge is 2.11. The number of hydrogen-bond acceptors (Lipinski definition) is 2. The minimum Gasteiger partial charge on any atom is -0.399 e. The average molecular weight is 255 g/mol. The number of imidazole rings is 1. The van der Waals surface area contributed by atoms with Crippen LogP contribution in [0.15, 0.2) is 42.5 Å². The Balaban J connectivity index is 2.25. The summed E-state index contributed by atoms with van der Waals surface area (Å²) in [4.78, 5) is 4.58. The first-order chi connectivity index (χ1) is 9.19. The molecule has 0 spiro atoms. The van der Waals surface area contributed by atoms with Gasteiger partial charge in [0.2, 0.25) is 0 Å². The highest BCUT2D eigenvalue weighted by Crippen LogP contribution is 2.25. The molecule has 0 saturated carbocycles. The van der Waals surface area contributed by atoms with E-state index in [0.29, 0.717) is 5.69 Å². The largest absolute Gasteiger partial charge is 0.399 e. The van der Waals surface area contributed by atoms with E-state index in [1.165, 1.54) is 12.1 Å². The third-order valence-corrected chi connectivity index (χ3v) is 3.20. The number of aryl methyl sites for hydroxylation is 1. The Hall–Kier alpha value is -2.36. The molecule has 0 unspecified atom stereocenters. The molecule has 4 heteroatoms. The summed E-state index contributed by atoms with van der Waals surface area (Å²) in [5.74, 6) is 0.592. The second kappa shape index (κ2) is 4.39. The van der Waals surface area contributed by atoms with Crippen LogP contribution in [0.4, 0.5) is 10.1 Å². The summed E-state index contributed by atoms with van der Waals surface area (Å²) in [6.45, 7) is 2.76. The molecule has 96 valence electrons. The van der Waals surface area contributed by atoms with Crippen molar-refractivity contribution in [2.75, 3.05) is 5.73 Å². The van der Waals surface area contributed by atoms with Crippen molar-refractivity contribution in [2.45, 2.75) is 13.5 Å². The summed E-state index contributed by atoms with van der Waals surface area (Å²) >= 11 is 0. The van der Waals surface area contributed by atoms with Gasteiger partial charge < -0.3 is 10.3 Å². The van der Waals surface area contributed by atoms with E-state index in [1.807, 2.05) is 35.8 Å². The number of hydrogen-bond donors (Lipinski definition) is 1. The van der Waals surface area contributed by atoms with Crippen molar-refractivity contribution >= 4 is 16.7 Å². The SMILES string of the molecule is CCn1c(-c2ccc(N)cc2)nc2ccc(F)cc21. The first-order valence-corrected chi connectivity index (χ1v) is 6.20. The lowest BCUT2D eigenvalue weighted by Crippen LogP contribution is -1.97. The summed E-state index contributed by atoms with van der Waals surface area (Å²) in [6.07, 6.45) is 0. The maximum absolute atomic E-state index is 13.4. The molecule has 1 aromatic heterocycles. The molecule has 0 fully saturated rings. The topological polar surface area (TPSA) is 43.8 Å². The van der Waals surface area contributed by atoms with Crippen LogP contribution in [0.5, 0.6) is 0 Å². The molecule has 2 N–H and O–H groups in total. The maximum Gasteiger partial charge on any atom is 0.141 e. The third-order valence-electron chi connectivity index (χ3n) is 3.20. The van der Waals surface area contributed by atoms with E-state index >= 15 is 0 Å². The highest BCUT2D eigenvalue weighted by molar-refractivity contribution is 5.80. The zero-order valence-corrected chi connectivity index (χ0v) is 10.6. The maximum atomic E-state index is 13.4. The second-order valence-electron chi connectivity index (χ2n) is 4.43. The van der Waals surface area contributed by atoms with Crippen LogP contribution < -0.4 is 5.73 Å². The predicted octanol–water partition coefficient (Wildman–Crippen LogP) is 3.44. The lowest BCUT2D eigenvalue weighted by molar-refractivity contribution is 0.628. The van der Waals surface area contributed by atoms with Gasteiger partial charge in [-0.3, -0.25) is 0 Å². The van der Waals surface area contributed by atoms with Crippen LogP contribution in [0.3, 0.4) is 0 Å². The number of rotatable bonds is 2. The van der Waals surface area contributed by atoms with E-state index in [1.54, 1.807) is 6.07 Å². The minimum atomic E-state index is -0.244. The van der Waals surface area contributed by atoms with E-state index in [9.17, 15) is 4.39 Å². The summed E-state index contributed by atoms with van der Waals surface area (Å²) in [5.41, 5.74) is 9.00. The molecule has 0 aliphatic heterocycles. The van der Waals surface area contributed by atoms with Gasteiger partial charge in [0.15, 0.2) is 0 Å². The van der Waals surface area contributed by atoms with Crippen molar-refractivity contribution < 1.29 is 4.39 Å². The molecular weight excluding hydrogens is 241 g/mol. The molecule has 19 heavy (non-hydrogen) atoms. The zero-order chi connectivity index (χ0) is 13.4. The van der Waals surface area contributed by atoms with Gasteiger partial charge in [-0.2, -0.15) is 0 Å². The second-order valence-corrected chi connectivity index (χ2v) is 4.43. The van der Waals surface area contributed by atoms with Gasteiger partial charge in [0.05, 0.1) is 11.0 Å². The molecule has 0 aliphatic carbocycles. The van der Waals surface area contributed by atoms with Crippen molar-refractivity contribution in [1.29, 1.82) is 0 Å². The van der Waals surface area contributed by atoms with E-state index in [0.717, 1.165) is 29.0 Å². The Labute approximate surface area is 110 Å². The van der Waals surface area contributed by atoms with Gasteiger partial charge in [0.25, 0.3) is 0 Å². The van der Waals surface area contributed by atoms with Gasteiger partial charge in [-0.1, -0.05) is 0 Å². The van der Waals surface area contributed by atoms with Crippen molar-refractivity contribution in [2.24, 2.45) is 0 Å². The fourth-order valence-electron chi connectivity index (χ4n) is 2.27. The Morgan fingerprint density at radius 1 is 1.16 bits per heavy atom. The number of nitrogen functional groups attached to an aromatic ring is 1. The molecule has 1 heterocycles. The van der Waals surface area contributed by atoms with E-state index < -0.39 is 0 Å². The summed E-state index contributed by atoms with van der Waals surface area (Å²) in [6, 6.07) is 12.2. The third kappa shape index (κ3) is 1.95. The predicted molar refractivity (Wildman–Crippen MR) is 75.2 cm³/mol. The smallest absolute Gasteiger partial charge is 0.141 e. The Kier molecular flexibility index (Phi) is 2.71. The molecule has 0 aliphatic rings. The van der Waals surface area contributed by atoms with Crippen LogP contribution >= 0.6 is 0 Å². The molecule has 0 amide bonds. The number of aromatic nitrogens is 2. The number of fused-ring (bicyclic) bond motifs is 1. The van der Waals surface area contributed by atoms with Gasteiger partial charge in [-0.15, -0.1) is 0 Å². The lowest BCUT2D eigenvalue weighted by Gasteiger charge is -2.06. The minimum absolute atomic E-state index is 0.244. The van der Waals surface area contributed by atoms with E-state index in [-0.39, 0.29) is 5.82 Å². The number of benzene rings is 2. The van der Waals surface area contributed by atoms with Crippen LogP contribution in [0.2, 0.25) is 0 Å². The quantitative estimate of drug-likeness (QED) is 0.713. The van der Waals surface area contributed by atoms with Crippen LogP contribution in [0.1, 0.15) is 6.92 Å². The van der Waals surface area contributed by atoms with Crippen LogP contribution in [-0.2, 0) is 6.54 Å². The number of anilines is 1. The Morgan fingerprint density at radius 3 is 2.58 bits per heavy atom. The van der Waals surface area contributed by atoms with Gasteiger partial charge in [-0.05, 0) is 49.4 Å². The molecule has 3 nitrogen and oxygen atoms in total. The summed E-state index contributed by atoms with van der Waals surface area (Å²) in [7, 11) is 0. The van der Waals surface area contributed by atoms with Gasteiger partial charge >= 0.3 is 0 Å². The normalized spacial score (nSPS) is 11.1. The molecule has 0 bridgehead atoms. The summed E-state index contributed by atoms with van der Waals surface area (Å²) in [5, 5.41) is 0.